The molecule has 0 aliphatic carbocycles. The fraction of sp³-hybridized carbons (Fsp3) is 0.267. The van der Waals surface area contributed by atoms with Crippen LogP contribution in [-0.2, 0) is 11.3 Å². The first-order chi connectivity index (χ1) is 8.58. The topological polar surface area (TPSA) is 29.5 Å². The summed E-state index contributed by atoms with van der Waals surface area (Å²) in [6, 6.07) is 7.69. The third-order valence-corrected chi connectivity index (χ3v) is 2.66. The molecular formula is C15H19NO2. The van der Waals surface area contributed by atoms with Crippen molar-refractivity contribution in [1.29, 1.82) is 0 Å². The van der Waals surface area contributed by atoms with Gasteiger partial charge in [0, 0.05) is 12.6 Å². The summed E-state index contributed by atoms with van der Waals surface area (Å²) in [5, 5.41) is 0. The summed E-state index contributed by atoms with van der Waals surface area (Å²) < 4.78 is 5.10. The molecule has 0 bridgehead atoms. The summed E-state index contributed by atoms with van der Waals surface area (Å²) >= 11 is 0. The van der Waals surface area contributed by atoms with Gasteiger partial charge in [0.15, 0.2) is 0 Å². The van der Waals surface area contributed by atoms with E-state index in [1.165, 1.54) is 0 Å². The van der Waals surface area contributed by atoms with Crippen LogP contribution in [0.15, 0.2) is 48.7 Å². The van der Waals surface area contributed by atoms with Crippen molar-refractivity contribution in [1.82, 2.24) is 4.90 Å². The molecule has 0 heterocycles. The summed E-state index contributed by atoms with van der Waals surface area (Å²) in [6.07, 6.45) is 3.50. The van der Waals surface area contributed by atoms with Gasteiger partial charge in [0.25, 0.3) is 0 Å². The molecule has 1 amide bonds. The van der Waals surface area contributed by atoms with E-state index in [1.54, 1.807) is 25.0 Å². The molecule has 0 radical (unpaired) electrons. The van der Waals surface area contributed by atoms with E-state index in [0.717, 1.165) is 17.0 Å². The first kappa shape index (κ1) is 14.0. The number of hydrogen-bond acceptors (Lipinski definition) is 2. The van der Waals surface area contributed by atoms with Crippen LogP contribution in [0.4, 0.5) is 0 Å². The van der Waals surface area contributed by atoms with E-state index in [4.69, 9.17) is 4.74 Å². The van der Waals surface area contributed by atoms with Gasteiger partial charge in [-0.1, -0.05) is 24.8 Å². The van der Waals surface area contributed by atoms with Crippen molar-refractivity contribution >= 4 is 5.91 Å². The smallest absolute Gasteiger partial charge is 0.223 e. The van der Waals surface area contributed by atoms with E-state index in [1.807, 2.05) is 37.3 Å². The van der Waals surface area contributed by atoms with Gasteiger partial charge in [-0.15, -0.1) is 0 Å². The highest BCUT2D eigenvalue weighted by Crippen LogP contribution is 2.15. The Balaban J connectivity index is 2.86. The number of rotatable bonds is 5. The minimum Gasteiger partial charge on any atom is -0.497 e. The van der Waals surface area contributed by atoms with Gasteiger partial charge in [-0.3, -0.25) is 4.79 Å². The lowest BCUT2D eigenvalue weighted by atomic mass is 10.2. The van der Waals surface area contributed by atoms with Crippen LogP contribution in [0.3, 0.4) is 0 Å². The maximum absolute atomic E-state index is 11.6. The highest BCUT2D eigenvalue weighted by atomic mass is 16.5. The predicted molar refractivity (Wildman–Crippen MR) is 73.2 cm³/mol. The zero-order valence-electron chi connectivity index (χ0n) is 11.1. The number of carbonyl (C=O) groups is 1. The average Bonchev–Trinajstić information content (AvgIpc) is 2.36. The maximum Gasteiger partial charge on any atom is 0.223 e. The fourth-order valence-corrected chi connectivity index (χ4v) is 1.66. The molecule has 0 saturated heterocycles. The van der Waals surface area contributed by atoms with E-state index in [9.17, 15) is 4.79 Å². The summed E-state index contributed by atoms with van der Waals surface area (Å²) in [6.45, 7) is 7.65. The third-order valence-electron chi connectivity index (χ3n) is 2.66. The van der Waals surface area contributed by atoms with Crippen LogP contribution >= 0.6 is 0 Å². The van der Waals surface area contributed by atoms with Gasteiger partial charge in [0.1, 0.15) is 5.75 Å². The number of methoxy groups -OCH3 is 1. The molecule has 0 N–H and O–H groups in total. The van der Waals surface area contributed by atoms with E-state index in [-0.39, 0.29) is 5.91 Å². The van der Waals surface area contributed by atoms with Gasteiger partial charge in [0.05, 0.1) is 13.7 Å². The molecule has 0 saturated carbocycles. The Hall–Kier alpha value is -2.03. The molecule has 1 aromatic carbocycles. The standard InChI is InChI=1S/C15H19NO2/c1-5-6-12(2)16(13(3)17)11-14-7-9-15(18-4)10-8-14/h5-10H,1,11H2,2-4H3/b12-6+. The van der Waals surface area contributed by atoms with Crippen molar-refractivity contribution in [3.63, 3.8) is 0 Å². The Kier molecular flexibility index (Phi) is 5.18. The Morgan fingerprint density at radius 3 is 2.39 bits per heavy atom. The second-order valence-electron chi connectivity index (χ2n) is 4.00. The van der Waals surface area contributed by atoms with E-state index in [2.05, 4.69) is 6.58 Å². The minimum absolute atomic E-state index is 0.0152. The SMILES string of the molecule is C=C/C=C(\C)N(Cc1ccc(OC)cc1)C(C)=O. The summed E-state index contributed by atoms with van der Waals surface area (Å²) in [5.74, 6) is 0.827. The molecule has 0 aliphatic rings. The van der Waals surface area contributed by atoms with Gasteiger partial charge in [-0.25, -0.2) is 0 Å². The maximum atomic E-state index is 11.6. The molecule has 0 spiro atoms. The molecule has 0 aromatic heterocycles. The van der Waals surface area contributed by atoms with Crippen molar-refractivity contribution in [2.75, 3.05) is 7.11 Å². The van der Waals surface area contributed by atoms with E-state index >= 15 is 0 Å². The van der Waals surface area contributed by atoms with Crippen LogP contribution in [0.25, 0.3) is 0 Å². The van der Waals surface area contributed by atoms with Crippen molar-refractivity contribution < 1.29 is 9.53 Å². The third kappa shape index (κ3) is 3.77. The monoisotopic (exact) mass is 245 g/mol. The molecule has 0 fully saturated rings. The Morgan fingerprint density at radius 2 is 1.94 bits per heavy atom. The van der Waals surface area contributed by atoms with Crippen molar-refractivity contribution in [2.45, 2.75) is 20.4 Å². The first-order valence-corrected chi connectivity index (χ1v) is 5.79. The zero-order valence-corrected chi connectivity index (χ0v) is 11.1. The van der Waals surface area contributed by atoms with Gasteiger partial charge in [-0.05, 0) is 30.7 Å². The first-order valence-electron chi connectivity index (χ1n) is 5.79. The van der Waals surface area contributed by atoms with Crippen LogP contribution in [0.5, 0.6) is 5.75 Å². The molecule has 0 atom stereocenters. The average molecular weight is 245 g/mol. The Bertz CT molecular complexity index is 446. The van der Waals surface area contributed by atoms with Gasteiger partial charge < -0.3 is 9.64 Å². The van der Waals surface area contributed by atoms with Crippen LogP contribution in [0.1, 0.15) is 19.4 Å². The molecule has 1 rings (SSSR count). The molecule has 96 valence electrons. The number of ether oxygens (including phenoxy) is 1. The van der Waals surface area contributed by atoms with Gasteiger partial charge >= 0.3 is 0 Å². The molecule has 3 nitrogen and oxygen atoms in total. The summed E-state index contributed by atoms with van der Waals surface area (Å²) in [4.78, 5) is 13.3. The number of allylic oxidation sites excluding steroid dienone is 3. The van der Waals surface area contributed by atoms with Crippen molar-refractivity contribution in [3.05, 3.63) is 54.3 Å². The lowest BCUT2D eigenvalue weighted by Crippen LogP contribution is -2.26. The van der Waals surface area contributed by atoms with Crippen LogP contribution < -0.4 is 4.74 Å². The van der Waals surface area contributed by atoms with Gasteiger partial charge in [0.2, 0.25) is 5.91 Å². The normalized spacial score (nSPS) is 10.9. The second-order valence-corrected chi connectivity index (χ2v) is 4.00. The lowest BCUT2D eigenvalue weighted by molar-refractivity contribution is -0.127. The number of benzene rings is 1. The van der Waals surface area contributed by atoms with Crippen molar-refractivity contribution in [3.8, 4) is 5.75 Å². The lowest BCUT2D eigenvalue weighted by Gasteiger charge is -2.21. The zero-order chi connectivity index (χ0) is 13.5. The molecule has 0 aliphatic heterocycles. The number of hydrogen-bond donors (Lipinski definition) is 0. The molecule has 18 heavy (non-hydrogen) atoms. The molecular weight excluding hydrogens is 226 g/mol. The Morgan fingerprint density at radius 1 is 1.33 bits per heavy atom. The number of amides is 1. The van der Waals surface area contributed by atoms with Crippen molar-refractivity contribution in [2.24, 2.45) is 0 Å². The highest BCUT2D eigenvalue weighted by Gasteiger charge is 2.10. The quantitative estimate of drug-likeness (QED) is 0.746. The number of carbonyl (C=O) groups excluding carboxylic acids is 1. The Labute approximate surface area is 108 Å². The highest BCUT2D eigenvalue weighted by molar-refractivity contribution is 5.75. The van der Waals surface area contributed by atoms with Gasteiger partial charge in [-0.2, -0.15) is 0 Å². The predicted octanol–water partition coefficient (Wildman–Crippen LogP) is 3.13. The second kappa shape index (κ2) is 6.64. The van der Waals surface area contributed by atoms with E-state index in [0.29, 0.717) is 6.54 Å². The van der Waals surface area contributed by atoms with Crippen LogP contribution in [0, 0.1) is 0 Å². The minimum atomic E-state index is 0.0152. The summed E-state index contributed by atoms with van der Waals surface area (Å²) in [5.41, 5.74) is 1.94. The molecule has 0 unspecified atom stereocenters. The van der Waals surface area contributed by atoms with Crippen LogP contribution in [-0.4, -0.2) is 17.9 Å². The fourth-order valence-electron chi connectivity index (χ4n) is 1.66. The number of nitrogens with zero attached hydrogens (tertiary/aromatic N) is 1. The molecule has 1 aromatic rings. The molecule has 3 heteroatoms. The largest absolute Gasteiger partial charge is 0.497 e. The van der Waals surface area contributed by atoms with E-state index < -0.39 is 0 Å². The van der Waals surface area contributed by atoms with Crippen LogP contribution in [0.2, 0.25) is 0 Å². The summed E-state index contributed by atoms with van der Waals surface area (Å²) in [7, 11) is 1.63.